The number of H-pyrrole nitrogens is 1. The number of methoxy groups -OCH3 is 3. The Morgan fingerprint density at radius 1 is 0.958 bits per heavy atom. The van der Waals surface area contributed by atoms with E-state index in [1.807, 2.05) is 78.9 Å². The van der Waals surface area contributed by atoms with Gasteiger partial charge in [-0.2, -0.15) is 4.98 Å². The number of rotatable bonds is 12. The lowest BCUT2D eigenvalue weighted by Gasteiger charge is -2.37. The fourth-order valence-corrected chi connectivity index (χ4v) is 5.95. The molecule has 0 spiro atoms. The Morgan fingerprint density at radius 3 is 2.12 bits per heavy atom. The Hall–Kier alpha value is -5.08. The van der Waals surface area contributed by atoms with Gasteiger partial charge in [-0.05, 0) is 41.0 Å². The zero-order valence-electron chi connectivity index (χ0n) is 27.3. The molecule has 0 aliphatic carbocycles. The van der Waals surface area contributed by atoms with Crippen LogP contribution in [0.5, 0.6) is 11.5 Å². The van der Waals surface area contributed by atoms with Crippen LogP contribution >= 0.6 is 0 Å². The van der Waals surface area contributed by atoms with Crippen molar-refractivity contribution >= 4 is 23.5 Å². The first-order valence-corrected chi connectivity index (χ1v) is 15.3. The standard InChI is InChI=1S/C35H38N6O7/c1-40(2)20-37-34-38-31-28(32(43)39-34)36-21-41(31)33-30(46-5)29(42)27(48-33)19-47-35(22-9-7-6-8-10-22,23-11-15-25(44-3)16-12-23)24-13-17-26(45-4)18-14-24/h6-18,20-21,27,29-30,33,42H,19H2,1-5H3,(H,38,39,43)/t27-,29-,30-,33-/m1/s1. The van der Waals surface area contributed by atoms with E-state index in [0.29, 0.717) is 11.5 Å². The highest BCUT2D eigenvalue weighted by Crippen LogP contribution is 2.43. The molecule has 0 amide bonds. The van der Waals surface area contributed by atoms with E-state index in [1.54, 1.807) is 37.8 Å². The minimum absolute atomic E-state index is 0.0382. The topological polar surface area (TPSA) is 146 Å². The third kappa shape index (κ3) is 6.16. The molecule has 3 heterocycles. The second-order valence-electron chi connectivity index (χ2n) is 11.5. The van der Waals surface area contributed by atoms with Gasteiger partial charge in [0.2, 0.25) is 5.95 Å². The maximum Gasteiger partial charge on any atom is 0.280 e. The second-order valence-corrected chi connectivity index (χ2v) is 11.5. The van der Waals surface area contributed by atoms with Crippen LogP contribution in [0.25, 0.3) is 11.2 Å². The molecule has 13 nitrogen and oxygen atoms in total. The molecule has 2 aromatic heterocycles. The zero-order valence-corrected chi connectivity index (χ0v) is 27.3. The van der Waals surface area contributed by atoms with E-state index in [2.05, 4.69) is 19.9 Å². The average molecular weight is 655 g/mol. The lowest BCUT2D eigenvalue weighted by Crippen LogP contribution is -2.40. The molecule has 250 valence electrons. The first-order chi connectivity index (χ1) is 23.3. The highest BCUT2D eigenvalue weighted by atomic mass is 16.6. The van der Waals surface area contributed by atoms with E-state index in [1.165, 1.54) is 19.8 Å². The Morgan fingerprint density at radius 2 is 1.56 bits per heavy atom. The van der Waals surface area contributed by atoms with Gasteiger partial charge in [0.1, 0.15) is 35.4 Å². The number of nitrogens with zero attached hydrogens (tertiary/aromatic N) is 5. The fraction of sp³-hybridized carbons (Fsp3) is 0.314. The molecule has 6 rings (SSSR count). The molecule has 48 heavy (non-hydrogen) atoms. The Balaban J connectivity index is 1.39. The third-order valence-corrected chi connectivity index (χ3v) is 8.33. The number of fused-ring (bicyclic) bond motifs is 1. The largest absolute Gasteiger partial charge is 0.497 e. The van der Waals surface area contributed by atoms with Crippen molar-refractivity contribution in [3.63, 3.8) is 0 Å². The summed E-state index contributed by atoms with van der Waals surface area (Å²) in [6.45, 7) is -0.0382. The third-order valence-electron chi connectivity index (χ3n) is 8.33. The second kappa shape index (κ2) is 14.0. The van der Waals surface area contributed by atoms with Crippen molar-refractivity contribution in [1.82, 2.24) is 24.4 Å². The monoisotopic (exact) mass is 654 g/mol. The van der Waals surface area contributed by atoms with Gasteiger partial charge in [0.05, 0.1) is 33.5 Å². The number of nitrogens with one attached hydrogen (secondary N) is 1. The van der Waals surface area contributed by atoms with Gasteiger partial charge in [-0.25, -0.2) is 9.98 Å². The first kappa shape index (κ1) is 32.8. The molecule has 0 radical (unpaired) electrons. The summed E-state index contributed by atoms with van der Waals surface area (Å²) in [5.74, 6) is 1.50. The van der Waals surface area contributed by atoms with E-state index in [0.717, 1.165) is 16.7 Å². The number of benzene rings is 3. The van der Waals surface area contributed by atoms with E-state index in [4.69, 9.17) is 23.7 Å². The van der Waals surface area contributed by atoms with E-state index in [9.17, 15) is 9.90 Å². The number of aliphatic hydroxyl groups is 1. The van der Waals surface area contributed by atoms with Gasteiger partial charge < -0.3 is 33.7 Å². The molecule has 2 N–H and O–H groups in total. The molecule has 1 aliphatic rings. The molecular weight excluding hydrogens is 616 g/mol. The van der Waals surface area contributed by atoms with Gasteiger partial charge >= 0.3 is 0 Å². The van der Waals surface area contributed by atoms with Crippen molar-refractivity contribution in [3.05, 3.63) is 112 Å². The van der Waals surface area contributed by atoms with Gasteiger partial charge in [0, 0.05) is 21.2 Å². The lowest BCUT2D eigenvalue weighted by molar-refractivity contribution is -0.0948. The molecule has 1 fully saturated rings. The summed E-state index contributed by atoms with van der Waals surface area (Å²) >= 11 is 0. The van der Waals surface area contributed by atoms with Crippen LogP contribution in [-0.2, 0) is 19.8 Å². The van der Waals surface area contributed by atoms with E-state index < -0.39 is 35.7 Å². The van der Waals surface area contributed by atoms with Crippen LogP contribution < -0.4 is 15.0 Å². The summed E-state index contributed by atoms with van der Waals surface area (Å²) in [5, 5.41) is 11.6. The number of aliphatic imine (C=N–C) groups is 1. The van der Waals surface area contributed by atoms with Crippen LogP contribution in [0.2, 0.25) is 0 Å². The minimum atomic E-state index is -1.13. The van der Waals surface area contributed by atoms with Crippen molar-refractivity contribution in [2.24, 2.45) is 4.99 Å². The summed E-state index contributed by atoms with van der Waals surface area (Å²) < 4.78 is 31.7. The Labute approximate surface area is 277 Å². The quantitative estimate of drug-likeness (QED) is 0.116. The van der Waals surface area contributed by atoms with E-state index >= 15 is 0 Å². The maximum absolute atomic E-state index is 12.8. The molecule has 1 saturated heterocycles. The SMILES string of the molecule is COc1ccc(C(OC[C@H]2O[C@@H](n3cnc4c(=O)[nH]c(N=CN(C)C)nc43)[C@H](OC)[C@@H]2O)(c2ccccc2)c2ccc(OC)cc2)cc1. The summed E-state index contributed by atoms with van der Waals surface area (Å²) in [4.78, 5) is 30.2. The fourth-order valence-electron chi connectivity index (χ4n) is 5.95. The maximum atomic E-state index is 12.8. The summed E-state index contributed by atoms with van der Waals surface area (Å²) in [6.07, 6.45) is -0.690. The number of hydrogen-bond acceptors (Lipinski definition) is 10. The van der Waals surface area contributed by atoms with Crippen molar-refractivity contribution in [2.45, 2.75) is 30.1 Å². The summed E-state index contributed by atoms with van der Waals surface area (Å²) in [7, 11) is 8.34. The number of aromatic amines is 1. The Kier molecular flexibility index (Phi) is 9.55. The van der Waals surface area contributed by atoms with Gasteiger partial charge in [0.15, 0.2) is 17.4 Å². The predicted octanol–water partition coefficient (Wildman–Crippen LogP) is 3.64. The van der Waals surface area contributed by atoms with Crippen LogP contribution in [-0.4, -0.2) is 96.2 Å². The molecule has 0 unspecified atom stereocenters. The predicted molar refractivity (Wildman–Crippen MR) is 179 cm³/mol. The highest BCUT2D eigenvalue weighted by Gasteiger charge is 2.48. The van der Waals surface area contributed by atoms with Gasteiger partial charge in [0.25, 0.3) is 5.56 Å². The smallest absolute Gasteiger partial charge is 0.280 e. The van der Waals surface area contributed by atoms with Crippen molar-refractivity contribution in [3.8, 4) is 11.5 Å². The lowest BCUT2D eigenvalue weighted by atomic mass is 9.80. The Bertz CT molecular complexity index is 1860. The number of ether oxygens (including phenoxy) is 5. The first-order valence-electron chi connectivity index (χ1n) is 15.3. The van der Waals surface area contributed by atoms with Crippen molar-refractivity contribution in [2.75, 3.05) is 42.0 Å². The van der Waals surface area contributed by atoms with Crippen LogP contribution in [0.3, 0.4) is 0 Å². The molecule has 0 bridgehead atoms. The molecule has 5 aromatic rings. The van der Waals surface area contributed by atoms with E-state index in [-0.39, 0.29) is 23.7 Å². The zero-order chi connectivity index (χ0) is 33.8. The van der Waals surface area contributed by atoms with Crippen molar-refractivity contribution < 1.29 is 28.8 Å². The molecular formula is C35H38N6O7. The van der Waals surface area contributed by atoms with Crippen LogP contribution in [0.4, 0.5) is 5.95 Å². The number of imidazole rings is 1. The van der Waals surface area contributed by atoms with Gasteiger partial charge in [-0.15, -0.1) is 0 Å². The summed E-state index contributed by atoms with van der Waals surface area (Å²) in [6, 6.07) is 25.2. The highest BCUT2D eigenvalue weighted by molar-refractivity contribution is 5.71. The number of aliphatic hydroxyl groups excluding tert-OH is 1. The van der Waals surface area contributed by atoms with Crippen LogP contribution in [0, 0.1) is 0 Å². The molecule has 13 heteroatoms. The molecule has 4 atom stereocenters. The molecule has 1 aliphatic heterocycles. The van der Waals surface area contributed by atoms with Gasteiger partial charge in [-0.1, -0.05) is 54.6 Å². The summed E-state index contributed by atoms with van der Waals surface area (Å²) in [5.41, 5.74) is 1.29. The molecule has 0 saturated carbocycles. The number of aromatic nitrogens is 4. The molecule has 3 aromatic carbocycles. The van der Waals surface area contributed by atoms with Crippen LogP contribution in [0.1, 0.15) is 22.9 Å². The van der Waals surface area contributed by atoms with Crippen molar-refractivity contribution in [1.29, 1.82) is 0 Å². The van der Waals surface area contributed by atoms with Gasteiger partial charge in [-0.3, -0.25) is 14.3 Å². The normalized spacial score (nSPS) is 19.6. The van der Waals surface area contributed by atoms with Crippen LogP contribution in [0.15, 0.2) is 95.0 Å². The average Bonchev–Trinajstić information content (AvgIpc) is 3.68. The number of hydrogen-bond donors (Lipinski definition) is 2. The minimum Gasteiger partial charge on any atom is -0.497 e.